The summed E-state index contributed by atoms with van der Waals surface area (Å²) in [4.78, 5) is 41.5. The second-order valence-electron chi connectivity index (χ2n) is 10.8. The molecule has 2 fully saturated rings. The Bertz CT molecular complexity index is 1280. The number of nitrogens with zero attached hydrogens (tertiary/aromatic N) is 6. The molecular weight excluding hydrogens is 567 g/mol. The molecule has 12 nitrogen and oxygen atoms in total. The van der Waals surface area contributed by atoms with Crippen molar-refractivity contribution in [3.8, 4) is 0 Å². The van der Waals surface area contributed by atoms with Crippen LogP contribution in [-0.4, -0.2) is 114 Å². The number of amides is 3. The van der Waals surface area contributed by atoms with Crippen molar-refractivity contribution in [3.05, 3.63) is 45.9 Å². The van der Waals surface area contributed by atoms with Gasteiger partial charge in [0.2, 0.25) is 5.95 Å². The first-order valence-corrected chi connectivity index (χ1v) is 14.9. The Morgan fingerprint density at radius 2 is 1.95 bits per heavy atom. The van der Waals surface area contributed by atoms with E-state index in [0.29, 0.717) is 88.7 Å². The molecule has 14 heteroatoms. The molecular formula is C28H38ClFN8O4. The fraction of sp³-hybridized carbons (Fsp3) is 0.571. The first-order chi connectivity index (χ1) is 20.3. The molecule has 42 heavy (non-hydrogen) atoms. The Kier molecular flexibility index (Phi) is 9.80. The van der Waals surface area contributed by atoms with E-state index >= 15 is 0 Å². The number of carbonyl (C=O) groups is 2. The summed E-state index contributed by atoms with van der Waals surface area (Å²) in [5.41, 5.74) is 2.50. The maximum atomic E-state index is 13.6. The molecule has 3 amide bonds. The van der Waals surface area contributed by atoms with Crippen LogP contribution in [-0.2, 0) is 24.2 Å². The number of ether oxygens (including phenoxy) is 1. The summed E-state index contributed by atoms with van der Waals surface area (Å²) in [6.45, 7) is 8.74. The number of carbonyl (C=O) groups excluding carboxylic acids is 1. The second-order valence-corrected chi connectivity index (χ2v) is 11.2. The number of nitrogens with one attached hydrogen (secondary N) is 2. The minimum atomic E-state index is -0.909. The van der Waals surface area contributed by atoms with Crippen molar-refractivity contribution < 1.29 is 23.8 Å². The number of hydrogen-bond acceptors (Lipinski definition) is 8. The minimum absolute atomic E-state index is 0.108. The summed E-state index contributed by atoms with van der Waals surface area (Å²) < 4.78 is 19.4. The molecule has 2 aromatic rings. The number of benzene rings is 1. The van der Waals surface area contributed by atoms with Crippen molar-refractivity contribution >= 4 is 35.5 Å². The molecule has 0 radical (unpaired) electrons. The zero-order chi connectivity index (χ0) is 29.6. The van der Waals surface area contributed by atoms with Crippen LogP contribution in [0.2, 0.25) is 5.02 Å². The van der Waals surface area contributed by atoms with Gasteiger partial charge in [0, 0.05) is 75.9 Å². The van der Waals surface area contributed by atoms with E-state index in [0.717, 1.165) is 36.3 Å². The first kappa shape index (κ1) is 30.1. The third-order valence-corrected chi connectivity index (χ3v) is 8.20. The molecule has 2 saturated heterocycles. The van der Waals surface area contributed by atoms with Gasteiger partial charge in [0.1, 0.15) is 11.6 Å². The molecule has 0 aliphatic carbocycles. The highest BCUT2D eigenvalue weighted by Crippen LogP contribution is 2.28. The number of urea groups is 1. The van der Waals surface area contributed by atoms with E-state index in [1.165, 1.54) is 17.0 Å². The van der Waals surface area contributed by atoms with Crippen LogP contribution < -0.4 is 15.5 Å². The maximum absolute atomic E-state index is 13.6. The van der Waals surface area contributed by atoms with Crippen molar-refractivity contribution in [1.82, 2.24) is 30.0 Å². The predicted octanol–water partition coefficient (Wildman–Crippen LogP) is 2.86. The zero-order valence-corrected chi connectivity index (χ0v) is 24.6. The molecule has 228 valence electrons. The van der Waals surface area contributed by atoms with Crippen LogP contribution in [0.5, 0.6) is 0 Å². The molecule has 3 N–H and O–H groups in total. The highest BCUT2D eigenvalue weighted by Gasteiger charge is 2.30. The second kappa shape index (κ2) is 13.7. The standard InChI is InChI=1S/C28H38ClFN8O4/c1-2-6-31-27(39)37-7-5-24-22(18-37)25(32-15-19-3-4-20(30)14-23(19)29)34-26(33-24)36-10-8-35(9-11-36)16-21-17-38(28(40)41)12-13-42-21/h3-4,14,21H,2,5-13,15-18H2,1H3,(H,31,39)(H,40,41)(H,32,33,34)/t21-/m1/s1. The van der Waals surface area contributed by atoms with Crippen molar-refractivity contribution in [1.29, 1.82) is 0 Å². The van der Waals surface area contributed by atoms with Gasteiger partial charge in [0.05, 0.1) is 31.5 Å². The lowest BCUT2D eigenvalue weighted by Gasteiger charge is -2.39. The van der Waals surface area contributed by atoms with Gasteiger partial charge in [-0.2, -0.15) is 4.98 Å². The lowest BCUT2D eigenvalue weighted by atomic mass is 10.1. The first-order valence-electron chi connectivity index (χ1n) is 14.5. The van der Waals surface area contributed by atoms with E-state index in [-0.39, 0.29) is 12.1 Å². The minimum Gasteiger partial charge on any atom is -0.465 e. The van der Waals surface area contributed by atoms with Gasteiger partial charge in [0.15, 0.2) is 0 Å². The van der Waals surface area contributed by atoms with Crippen LogP contribution in [0, 0.1) is 5.82 Å². The van der Waals surface area contributed by atoms with Crippen molar-refractivity contribution in [3.63, 3.8) is 0 Å². The number of carboxylic acid groups (broad SMARTS) is 1. The molecule has 3 aliphatic rings. The predicted molar refractivity (Wildman–Crippen MR) is 157 cm³/mol. The molecule has 1 aromatic carbocycles. The smallest absolute Gasteiger partial charge is 0.407 e. The Balaban J connectivity index is 1.29. The van der Waals surface area contributed by atoms with Crippen LogP contribution in [0.4, 0.5) is 25.7 Å². The van der Waals surface area contributed by atoms with Gasteiger partial charge in [-0.15, -0.1) is 0 Å². The largest absolute Gasteiger partial charge is 0.465 e. The lowest BCUT2D eigenvalue weighted by molar-refractivity contribution is -0.0373. The third kappa shape index (κ3) is 7.31. The molecule has 4 heterocycles. The van der Waals surface area contributed by atoms with Crippen LogP contribution in [0.25, 0.3) is 0 Å². The highest BCUT2D eigenvalue weighted by molar-refractivity contribution is 6.31. The van der Waals surface area contributed by atoms with E-state index in [1.54, 1.807) is 11.0 Å². The van der Waals surface area contributed by atoms with Crippen LogP contribution in [0.15, 0.2) is 18.2 Å². The summed E-state index contributed by atoms with van der Waals surface area (Å²) in [7, 11) is 0. The third-order valence-electron chi connectivity index (χ3n) is 7.85. The fourth-order valence-electron chi connectivity index (χ4n) is 5.47. The average molecular weight is 605 g/mol. The Morgan fingerprint density at radius 3 is 2.69 bits per heavy atom. The summed E-state index contributed by atoms with van der Waals surface area (Å²) in [5, 5.41) is 16.0. The van der Waals surface area contributed by atoms with Gasteiger partial charge in [0.25, 0.3) is 0 Å². The molecule has 3 aliphatic heterocycles. The van der Waals surface area contributed by atoms with E-state index in [4.69, 9.17) is 26.3 Å². The van der Waals surface area contributed by atoms with Gasteiger partial charge in [-0.05, 0) is 24.1 Å². The summed E-state index contributed by atoms with van der Waals surface area (Å²) in [6.07, 6.45) is 0.409. The molecule has 0 unspecified atom stereocenters. The Labute approximate surface area is 249 Å². The van der Waals surface area contributed by atoms with Gasteiger partial charge < -0.3 is 35.2 Å². The Hall–Kier alpha value is -3.42. The van der Waals surface area contributed by atoms with Crippen LogP contribution in [0.3, 0.4) is 0 Å². The van der Waals surface area contributed by atoms with Crippen LogP contribution in [0.1, 0.15) is 30.2 Å². The number of halogens is 2. The average Bonchev–Trinajstić information content (AvgIpc) is 2.99. The fourth-order valence-corrected chi connectivity index (χ4v) is 5.71. The number of fused-ring (bicyclic) bond motifs is 1. The van der Waals surface area contributed by atoms with Gasteiger partial charge in [-0.25, -0.2) is 19.0 Å². The molecule has 1 aromatic heterocycles. The van der Waals surface area contributed by atoms with Gasteiger partial charge in [-0.3, -0.25) is 4.90 Å². The molecule has 0 saturated carbocycles. The monoisotopic (exact) mass is 604 g/mol. The summed E-state index contributed by atoms with van der Waals surface area (Å²) in [6, 6.07) is 4.20. The summed E-state index contributed by atoms with van der Waals surface area (Å²) in [5.74, 6) is 0.860. The lowest BCUT2D eigenvalue weighted by Crippen LogP contribution is -2.53. The molecule has 0 spiro atoms. The molecule has 5 rings (SSSR count). The maximum Gasteiger partial charge on any atom is 0.407 e. The van der Waals surface area contributed by atoms with E-state index < -0.39 is 11.9 Å². The molecule has 0 bridgehead atoms. The quantitative estimate of drug-likeness (QED) is 0.417. The number of aromatic nitrogens is 2. The zero-order valence-electron chi connectivity index (χ0n) is 23.8. The normalized spacial score (nSPS) is 19.4. The van der Waals surface area contributed by atoms with Gasteiger partial charge >= 0.3 is 12.1 Å². The van der Waals surface area contributed by atoms with Gasteiger partial charge in [-0.1, -0.05) is 24.6 Å². The van der Waals surface area contributed by atoms with E-state index in [2.05, 4.69) is 20.4 Å². The highest BCUT2D eigenvalue weighted by atomic mass is 35.5. The van der Waals surface area contributed by atoms with Crippen molar-refractivity contribution in [2.45, 2.75) is 39.0 Å². The topological polar surface area (TPSA) is 126 Å². The Morgan fingerprint density at radius 1 is 1.14 bits per heavy atom. The number of hydrogen-bond donors (Lipinski definition) is 3. The van der Waals surface area contributed by atoms with E-state index in [9.17, 15) is 19.1 Å². The number of morpholine rings is 1. The summed E-state index contributed by atoms with van der Waals surface area (Å²) >= 11 is 6.28. The number of rotatable bonds is 8. The van der Waals surface area contributed by atoms with Crippen molar-refractivity contribution in [2.24, 2.45) is 0 Å². The number of anilines is 2. The SMILES string of the molecule is CCCNC(=O)N1CCc2nc(N3CCN(C[C@@H]4CN(C(=O)O)CCO4)CC3)nc(NCc3ccc(F)cc3Cl)c2C1. The van der Waals surface area contributed by atoms with Crippen LogP contribution >= 0.6 is 11.6 Å². The van der Waals surface area contributed by atoms with E-state index in [1.807, 2.05) is 6.92 Å². The molecule has 1 atom stereocenters. The van der Waals surface area contributed by atoms with Crippen molar-refractivity contribution in [2.75, 3.05) is 75.7 Å². The number of piperazine rings is 1.